The van der Waals surface area contributed by atoms with Crippen molar-refractivity contribution in [1.82, 2.24) is 9.97 Å². The first-order valence-corrected chi connectivity index (χ1v) is 7.27. The first-order chi connectivity index (χ1) is 9.40. The molecule has 6 nitrogen and oxygen atoms in total. The molecule has 0 amide bonds. The molecule has 0 aliphatic rings. The van der Waals surface area contributed by atoms with Crippen LogP contribution in [0.25, 0.3) is 0 Å². The molecule has 0 bridgehead atoms. The van der Waals surface area contributed by atoms with Crippen LogP contribution in [0.15, 0.2) is 40.0 Å². The average Bonchev–Trinajstić information content (AvgIpc) is 2.37. The second-order valence-electron chi connectivity index (χ2n) is 4.00. The lowest BCUT2D eigenvalue weighted by atomic mass is 10.3. The van der Waals surface area contributed by atoms with E-state index >= 15 is 0 Å². The molecular formula is C12H12FN3O3S. The number of aryl methyl sites for hydroxylation is 1. The fraction of sp³-hybridized carbons (Fsp3) is 0.167. The zero-order chi connectivity index (χ0) is 14.8. The van der Waals surface area contributed by atoms with Crippen molar-refractivity contribution in [2.24, 2.45) is 0 Å². The third-order valence-electron chi connectivity index (χ3n) is 2.51. The Morgan fingerprint density at radius 3 is 2.55 bits per heavy atom. The molecule has 0 aliphatic carbocycles. The summed E-state index contributed by atoms with van der Waals surface area (Å²) in [6.45, 7) is 1.79. The Morgan fingerprint density at radius 1 is 1.30 bits per heavy atom. The normalized spacial score (nSPS) is 11.3. The van der Waals surface area contributed by atoms with Crippen LogP contribution < -0.4 is 10.3 Å². The summed E-state index contributed by atoms with van der Waals surface area (Å²) in [4.78, 5) is 17.5. The van der Waals surface area contributed by atoms with Crippen molar-refractivity contribution in [3.8, 4) is 0 Å². The lowest BCUT2D eigenvalue weighted by molar-refractivity contribution is 0.599. The number of sulfonamides is 1. The molecule has 2 N–H and O–H groups in total. The van der Waals surface area contributed by atoms with Crippen molar-refractivity contribution in [3.05, 3.63) is 52.2 Å². The number of benzene rings is 1. The minimum Gasteiger partial charge on any atom is -0.292 e. The molecule has 0 spiro atoms. The highest BCUT2D eigenvalue weighted by atomic mass is 32.2. The molecule has 20 heavy (non-hydrogen) atoms. The van der Waals surface area contributed by atoms with Gasteiger partial charge in [-0.3, -0.25) is 9.78 Å². The van der Waals surface area contributed by atoms with Gasteiger partial charge in [-0.25, -0.2) is 22.5 Å². The second-order valence-corrected chi connectivity index (χ2v) is 5.68. The van der Waals surface area contributed by atoms with Crippen molar-refractivity contribution in [2.75, 3.05) is 4.72 Å². The summed E-state index contributed by atoms with van der Waals surface area (Å²) in [6.07, 6.45) is 0.495. The monoisotopic (exact) mass is 297 g/mol. The summed E-state index contributed by atoms with van der Waals surface area (Å²) in [5.41, 5.74) is 0.0132. The van der Waals surface area contributed by atoms with E-state index in [9.17, 15) is 17.6 Å². The van der Waals surface area contributed by atoms with Crippen LogP contribution in [0.3, 0.4) is 0 Å². The lowest BCUT2D eigenvalue weighted by Crippen LogP contribution is -2.19. The van der Waals surface area contributed by atoms with E-state index in [4.69, 9.17) is 0 Å². The molecule has 106 valence electrons. The largest absolute Gasteiger partial charge is 0.292 e. The summed E-state index contributed by atoms with van der Waals surface area (Å²) >= 11 is 0. The number of aromatic amines is 1. The number of rotatable bonds is 4. The Balaban J connectivity index is 2.35. The van der Waals surface area contributed by atoms with E-state index in [0.717, 1.165) is 24.3 Å². The fourth-order valence-corrected chi connectivity index (χ4v) is 2.50. The van der Waals surface area contributed by atoms with E-state index in [1.54, 1.807) is 6.92 Å². The van der Waals surface area contributed by atoms with Crippen molar-refractivity contribution in [2.45, 2.75) is 18.2 Å². The van der Waals surface area contributed by atoms with Crippen LogP contribution in [0.5, 0.6) is 0 Å². The summed E-state index contributed by atoms with van der Waals surface area (Å²) in [7, 11) is -3.92. The summed E-state index contributed by atoms with van der Waals surface area (Å²) in [5, 5.41) is 0. The lowest BCUT2D eigenvalue weighted by Gasteiger charge is -2.07. The van der Waals surface area contributed by atoms with Crippen molar-refractivity contribution in [1.29, 1.82) is 0 Å². The standard InChI is InChI=1S/C12H12FN3O3S/c1-2-9-7-11(17)15-12(14-9)16-20(18,19)10-5-3-8(13)4-6-10/h3-7H,2H2,1H3,(H2,14,15,16,17). The van der Waals surface area contributed by atoms with Gasteiger partial charge in [0.05, 0.1) is 4.90 Å². The smallest absolute Gasteiger partial charge is 0.264 e. The van der Waals surface area contributed by atoms with E-state index in [0.29, 0.717) is 12.1 Å². The van der Waals surface area contributed by atoms with Crippen molar-refractivity contribution < 1.29 is 12.8 Å². The number of halogens is 1. The van der Waals surface area contributed by atoms with Gasteiger partial charge in [-0.05, 0) is 30.7 Å². The van der Waals surface area contributed by atoms with E-state index in [2.05, 4.69) is 14.7 Å². The van der Waals surface area contributed by atoms with Crippen LogP contribution in [0, 0.1) is 5.82 Å². The zero-order valence-corrected chi connectivity index (χ0v) is 11.4. The average molecular weight is 297 g/mol. The van der Waals surface area contributed by atoms with Gasteiger partial charge >= 0.3 is 0 Å². The highest BCUT2D eigenvalue weighted by Gasteiger charge is 2.15. The molecule has 0 unspecified atom stereocenters. The maximum absolute atomic E-state index is 12.8. The minimum atomic E-state index is -3.92. The van der Waals surface area contributed by atoms with E-state index < -0.39 is 21.4 Å². The van der Waals surface area contributed by atoms with Crippen LogP contribution in [0.4, 0.5) is 10.3 Å². The van der Waals surface area contributed by atoms with Crippen LogP contribution in [-0.4, -0.2) is 18.4 Å². The third-order valence-corrected chi connectivity index (χ3v) is 3.87. The first-order valence-electron chi connectivity index (χ1n) is 5.79. The van der Waals surface area contributed by atoms with Crippen LogP contribution in [-0.2, 0) is 16.4 Å². The molecule has 1 aromatic heterocycles. The van der Waals surface area contributed by atoms with Crippen LogP contribution in [0.2, 0.25) is 0 Å². The van der Waals surface area contributed by atoms with Gasteiger partial charge in [0, 0.05) is 11.8 Å². The fourth-order valence-electron chi connectivity index (χ4n) is 1.54. The summed E-state index contributed by atoms with van der Waals surface area (Å²) in [6, 6.07) is 5.61. The Kier molecular flexibility index (Phi) is 3.84. The van der Waals surface area contributed by atoms with Gasteiger partial charge in [-0.15, -0.1) is 0 Å². The van der Waals surface area contributed by atoms with Gasteiger partial charge in [0.1, 0.15) is 5.82 Å². The number of nitrogens with zero attached hydrogens (tertiary/aromatic N) is 1. The molecule has 0 radical (unpaired) electrons. The number of hydrogen-bond donors (Lipinski definition) is 2. The molecule has 0 aliphatic heterocycles. The predicted octanol–water partition coefficient (Wildman–Crippen LogP) is 1.27. The molecule has 8 heteroatoms. The highest BCUT2D eigenvalue weighted by Crippen LogP contribution is 2.13. The maximum Gasteiger partial charge on any atom is 0.264 e. The highest BCUT2D eigenvalue weighted by molar-refractivity contribution is 7.92. The Bertz CT molecular complexity index is 769. The van der Waals surface area contributed by atoms with Gasteiger partial charge < -0.3 is 0 Å². The van der Waals surface area contributed by atoms with E-state index in [1.165, 1.54) is 6.07 Å². The quantitative estimate of drug-likeness (QED) is 0.889. The molecule has 2 rings (SSSR count). The topological polar surface area (TPSA) is 91.9 Å². The number of nitrogens with one attached hydrogen (secondary N) is 2. The number of H-pyrrole nitrogens is 1. The SMILES string of the molecule is CCc1cc(=O)[nH]c(NS(=O)(=O)c2ccc(F)cc2)n1. The van der Waals surface area contributed by atoms with Gasteiger partial charge in [-0.2, -0.15) is 0 Å². The minimum absolute atomic E-state index is 0.122. The van der Waals surface area contributed by atoms with Crippen molar-refractivity contribution >= 4 is 16.0 Å². The predicted molar refractivity (Wildman–Crippen MR) is 71.4 cm³/mol. The van der Waals surface area contributed by atoms with Crippen molar-refractivity contribution in [3.63, 3.8) is 0 Å². The number of hydrogen-bond acceptors (Lipinski definition) is 4. The molecule has 1 aromatic carbocycles. The zero-order valence-electron chi connectivity index (χ0n) is 10.6. The van der Waals surface area contributed by atoms with E-state index in [-0.39, 0.29) is 10.8 Å². The van der Waals surface area contributed by atoms with Gasteiger partial charge in [0.25, 0.3) is 15.6 Å². The second kappa shape index (κ2) is 5.41. The first kappa shape index (κ1) is 14.2. The van der Waals surface area contributed by atoms with Gasteiger partial charge in [0.2, 0.25) is 5.95 Å². The van der Waals surface area contributed by atoms with Crippen LogP contribution >= 0.6 is 0 Å². The molecule has 0 saturated carbocycles. The molecule has 2 aromatic rings. The Labute approximate surface area is 114 Å². The Hall–Kier alpha value is -2.22. The van der Waals surface area contributed by atoms with Gasteiger partial charge in [0.15, 0.2) is 0 Å². The Morgan fingerprint density at radius 2 is 1.95 bits per heavy atom. The third kappa shape index (κ3) is 3.21. The molecular weight excluding hydrogens is 285 g/mol. The molecule has 0 saturated heterocycles. The van der Waals surface area contributed by atoms with Crippen LogP contribution in [0.1, 0.15) is 12.6 Å². The van der Waals surface area contributed by atoms with E-state index in [1.807, 2.05) is 0 Å². The number of anilines is 1. The molecule has 1 heterocycles. The number of aromatic nitrogens is 2. The maximum atomic E-state index is 12.8. The summed E-state index contributed by atoms with van der Waals surface area (Å²) < 4.78 is 39.0. The summed E-state index contributed by atoms with van der Waals surface area (Å²) in [5.74, 6) is -0.706. The molecule has 0 atom stereocenters. The molecule has 0 fully saturated rings. The van der Waals surface area contributed by atoms with Gasteiger partial charge in [-0.1, -0.05) is 6.92 Å².